The number of rotatable bonds is 2. The molecule has 4 aliphatic rings. The molecule has 134 valence electrons. The Hall–Kier alpha value is -0.550. The quantitative estimate of drug-likeness (QED) is 0.663. The molecule has 0 heterocycles. The first-order valence-electron chi connectivity index (χ1n) is 10.4. The first-order valence-corrected chi connectivity index (χ1v) is 10.4. The first kappa shape index (κ1) is 16.9. The Morgan fingerprint density at radius 3 is 2.46 bits per heavy atom. The van der Waals surface area contributed by atoms with Crippen LogP contribution >= 0.6 is 0 Å². The monoisotopic (exact) mass is 329 g/mol. The van der Waals surface area contributed by atoms with E-state index in [1.165, 1.54) is 57.8 Å². The summed E-state index contributed by atoms with van der Waals surface area (Å²) in [6, 6.07) is 2.43. The highest BCUT2D eigenvalue weighted by Gasteiger charge is 2.60. The van der Waals surface area contributed by atoms with Crippen molar-refractivity contribution in [2.75, 3.05) is 7.11 Å². The molecule has 0 aliphatic heterocycles. The molecule has 4 rings (SSSR count). The van der Waals surface area contributed by atoms with Crippen LogP contribution in [0.2, 0.25) is 0 Å². The largest absolute Gasteiger partial charge is 0.381 e. The van der Waals surface area contributed by atoms with Gasteiger partial charge in [-0.15, -0.1) is 0 Å². The molecule has 2 nitrogen and oxygen atoms in total. The molecule has 0 aromatic carbocycles. The van der Waals surface area contributed by atoms with Crippen LogP contribution < -0.4 is 0 Å². The van der Waals surface area contributed by atoms with Gasteiger partial charge in [-0.2, -0.15) is 5.26 Å². The van der Waals surface area contributed by atoms with Crippen molar-refractivity contribution in [1.29, 1.82) is 5.26 Å². The van der Waals surface area contributed by atoms with Gasteiger partial charge in [0.15, 0.2) is 0 Å². The van der Waals surface area contributed by atoms with Crippen LogP contribution in [0.5, 0.6) is 0 Å². The van der Waals surface area contributed by atoms with Crippen molar-refractivity contribution in [3.05, 3.63) is 0 Å². The Balaban J connectivity index is 1.55. The lowest BCUT2D eigenvalue weighted by Gasteiger charge is -2.61. The Labute approximate surface area is 148 Å². The van der Waals surface area contributed by atoms with E-state index in [9.17, 15) is 0 Å². The summed E-state index contributed by atoms with van der Waals surface area (Å²) in [5, 5.41) is 9.08. The third-order valence-corrected chi connectivity index (χ3v) is 9.35. The van der Waals surface area contributed by atoms with Gasteiger partial charge in [0.2, 0.25) is 0 Å². The topological polar surface area (TPSA) is 33.0 Å². The highest BCUT2D eigenvalue weighted by atomic mass is 16.5. The van der Waals surface area contributed by atoms with Gasteiger partial charge in [0, 0.05) is 13.5 Å². The van der Waals surface area contributed by atoms with E-state index in [1.807, 2.05) is 7.11 Å². The van der Waals surface area contributed by atoms with Crippen molar-refractivity contribution in [2.24, 2.45) is 40.4 Å². The molecular formula is C22H35NO. The fraction of sp³-hybridized carbons (Fsp3) is 0.955. The molecule has 4 aliphatic carbocycles. The van der Waals surface area contributed by atoms with Gasteiger partial charge in [-0.3, -0.25) is 0 Å². The number of hydrogen-bond acceptors (Lipinski definition) is 2. The van der Waals surface area contributed by atoms with E-state index in [0.717, 1.165) is 30.1 Å². The minimum atomic E-state index is 0.442. The van der Waals surface area contributed by atoms with Crippen molar-refractivity contribution in [3.63, 3.8) is 0 Å². The lowest BCUT2D eigenvalue weighted by molar-refractivity contribution is -0.130. The zero-order valence-electron chi connectivity index (χ0n) is 15.9. The Morgan fingerprint density at radius 2 is 1.71 bits per heavy atom. The molecule has 4 fully saturated rings. The molecule has 8 atom stereocenters. The predicted molar refractivity (Wildman–Crippen MR) is 96.2 cm³/mol. The molecule has 0 saturated heterocycles. The number of nitrogens with zero attached hydrogens (tertiary/aromatic N) is 1. The number of hydrogen-bond donors (Lipinski definition) is 0. The highest BCUT2D eigenvalue weighted by molar-refractivity contribution is 5.09. The van der Waals surface area contributed by atoms with Gasteiger partial charge in [-0.05, 0) is 98.2 Å². The Bertz CT molecular complexity index is 525. The van der Waals surface area contributed by atoms with Crippen molar-refractivity contribution >= 4 is 0 Å². The number of ether oxygens (including phenoxy) is 1. The zero-order valence-corrected chi connectivity index (χ0v) is 15.9. The summed E-state index contributed by atoms with van der Waals surface area (Å²) in [6.07, 6.45) is 13.6. The molecular weight excluding hydrogens is 294 g/mol. The Kier molecular flexibility index (Phi) is 4.23. The maximum Gasteiger partial charge on any atom is 0.0627 e. The molecule has 24 heavy (non-hydrogen) atoms. The van der Waals surface area contributed by atoms with Gasteiger partial charge in [-0.25, -0.2) is 0 Å². The maximum absolute atomic E-state index is 9.08. The molecule has 4 saturated carbocycles. The summed E-state index contributed by atoms with van der Waals surface area (Å²) < 4.78 is 5.91. The van der Waals surface area contributed by atoms with Crippen molar-refractivity contribution in [3.8, 4) is 6.07 Å². The second-order valence-corrected chi connectivity index (χ2v) is 10.0. The van der Waals surface area contributed by atoms with Crippen LogP contribution in [0, 0.1) is 51.8 Å². The summed E-state index contributed by atoms with van der Waals surface area (Å²) in [6.45, 7) is 5.16. The van der Waals surface area contributed by atoms with E-state index < -0.39 is 0 Å². The molecule has 0 N–H and O–H groups in total. The maximum atomic E-state index is 9.08. The molecule has 0 radical (unpaired) electrons. The number of methoxy groups -OCH3 is 1. The van der Waals surface area contributed by atoms with E-state index in [0.29, 0.717) is 22.9 Å². The normalized spacial score (nSPS) is 53.6. The SMILES string of the molecule is CO[C@H]1CC[C@H]2[C@@H]3CC[C@H]4C[C@@H](CC#N)CC[C@]4(C)[C@H]3CC[C@]12C. The van der Waals surface area contributed by atoms with E-state index in [-0.39, 0.29) is 0 Å². The van der Waals surface area contributed by atoms with Gasteiger partial charge in [0.25, 0.3) is 0 Å². The van der Waals surface area contributed by atoms with Gasteiger partial charge < -0.3 is 4.74 Å². The van der Waals surface area contributed by atoms with Crippen LogP contribution in [0.3, 0.4) is 0 Å². The number of fused-ring (bicyclic) bond motifs is 5. The van der Waals surface area contributed by atoms with E-state index in [4.69, 9.17) is 10.00 Å². The molecule has 0 aromatic heterocycles. The second-order valence-electron chi connectivity index (χ2n) is 10.0. The summed E-state index contributed by atoms with van der Waals surface area (Å²) in [5.41, 5.74) is 0.998. The average Bonchev–Trinajstić information content (AvgIpc) is 2.92. The molecule has 0 spiro atoms. The van der Waals surface area contributed by atoms with E-state index in [2.05, 4.69) is 19.9 Å². The minimum absolute atomic E-state index is 0.442. The van der Waals surface area contributed by atoms with Crippen LogP contribution in [0.4, 0.5) is 0 Å². The molecule has 0 unspecified atom stereocenters. The van der Waals surface area contributed by atoms with E-state index >= 15 is 0 Å². The van der Waals surface area contributed by atoms with Crippen LogP contribution in [-0.4, -0.2) is 13.2 Å². The second kappa shape index (κ2) is 6.01. The molecule has 0 aromatic rings. The van der Waals surface area contributed by atoms with Crippen molar-refractivity contribution < 1.29 is 4.74 Å². The van der Waals surface area contributed by atoms with Gasteiger partial charge in [-0.1, -0.05) is 13.8 Å². The van der Waals surface area contributed by atoms with Gasteiger partial charge in [0.05, 0.1) is 12.2 Å². The van der Waals surface area contributed by atoms with Crippen LogP contribution in [0.25, 0.3) is 0 Å². The van der Waals surface area contributed by atoms with Crippen LogP contribution in [0.15, 0.2) is 0 Å². The zero-order chi connectivity index (χ0) is 16.9. The van der Waals surface area contributed by atoms with Crippen molar-refractivity contribution in [2.45, 2.75) is 84.2 Å². The standard InChI is InChI=1S/C22H35NO/c1-21-11-8-15(10-13-23)14-16(21)4-5-17-18-6-7-20(24-3)22(18,2)12-9-19(17)21/h15-20H,4-12,14H2,1-3H3/t15-,16+,17+,18+,19+,20+,21+,22+/m1/s1. The van der Waals surface area contributed by atoms with E-state index in [1.54, 1.807) is 0 Å². The number of nitriles is 1. The fourth-order valence-corrected chi connectivity index (χ4v) is 8.00. The van der Waals surface area contributed by atoms with Crippen LogP contribution in [-0.2, 0) is 4.74 Å². The average molecular weight is 330 g/mol. The smallest absolute Gasteiger partial charge is 0.0627 e. The van der Waals surface area contributed by atoms with Gasteiger partial charge >= 0.3 is 0 Å². The van der Waals surface area contributed by atoms with Crippen LogP contribution in [0.1, 0.15) is 78.1 Å². The summed E-state index contributed by atoms with van der Waals surface area (Å²) in [7, 11) is 1.93. The summed E-state index contributed by atoms with van der Waals surface area (Å²) in [5.74, 6) is 4.35. The predicted octanol–water partition coefficient (Wildman–Crippen LogP) is 5.57. The third kappa shape index (κ3) is 2.30. The summed E-state index contributed by atoms with van der Waals surface area (Å²) >= 11 is 0. The third-order valence-electron chi connectivity index (χ3n) is 9.35. The Morgan fingerprint density at radius 1 is 0.958 bits per heavy atom. The lowest BCUT2D eigenvalue weighted by Crippen LogP contribution is -2.54. The first-order chi connectivity index (χ1) is 11.5. The van der Waals surface area contributed by atoms with Gasteiger partial charge in [0.1, 0.15) is 0 Å². The lowest BCUT2D eigenvalue weighted by atomic mass is 9.44. The highest BCUT2D eigenvalue weighted by Crippen LogP contribution is 2.66. The van der Waals surface area contributed by atoms with Crippen molar-refractivity contribution in [1.82, 2.24) is 0 Å². The molecule has 2 heteroatoms. The minimum Gasteiger partial charge on any atom is -0.381 e. The fourth-order valence-electron chi connectivity index (χ4n) is 8.00. The molecule has 0 bridgehead atoms. The summed E-state index contributed by atoms with van der Waals surface area (Å²) in [4.78, 5) is 0. The molecule has 0 amide bonds.